The number of carbonyl (C=O) groups is 1. The summed E-state index contributed by atoms with van der Waals surface area (Å²) in [7, 11) is 0. The number of nitrogens with zero attached hydrogens (tertiary/aromatic N) is 1. The van der Waals surface area contributed by atoms with Crippen LogP contribution >= 0.6 is 0 Å². The zero-order valence-electron chi connectivity index (χ0n) is 13.8. The van der Waals surface area contributed by atoms with E-state index in [4.69, 9.17) is 0 Å². The number of pyridine rings is 1. The molecule has 122 valence electrons. The summed E-state index contributed by atoms with van der Waals surface area (Å²) in [5, 5.41) is 3.26. The minimum atomic E-state index is -0.0315. The van der Waals surface area contributed by atoms with Crippen LogP contribution in [0.1, 0.15) is 68.4 Å². The highest BCUT2D eigenvalue weighted by atomic mass is 16.2. The van der Waals surface area contributed by atoms with Crippen LogP contribution in [0.3, 0.4) is 0 Å². The highest BCUT2D eigenvalue weighted by molar-refractivity contribution is 5.83. The van der Waals surface area contributed by atoms with Gasteiger partial charge in [-0.1, -0.05) is 6.07 Å². The Hall–Kier alpha value is -1.38. The molecule has 1 aromatic rings. The van der Waals surface area contributed by atoms with E-state index in [1.54, 1.807) is 0 Å². The molecule has 5 aliphatic carbocycles. The summed E-state index contributed by atoms with van der Waals surface area (Å²) >= 11 is 0. The van der Waals surface area contributed by atoms with Crippen LogP contribution in [0.15, 0.2) is 18.5 Å². The van der Waals surface area contributed by atoms with Crippen LogP contribution < -0.4 is 5.32 Å². The fraction of sp³-hybridized carbons (Fsp3) is 0.700. The van der Waals surface area contributed by atoms with Gasteiger partial charge in [0.15, 0.2) is 0 Å². The molecular formula is C20H26N2O. The van der Waals surface area contributed by atoms with Crippen LogP contribution in [0.2, 0.25) is 0 Å². The van der Waals surface area contributed by atoms with Gasteiger partial charge >= 0.3 is 0 Å². The number of hydrogen-bond donors (Lipinski definition) is 1. The molecule has 3 heteroatoms. The first-order valence-corrected chi connectivity index (χ1v) is 9.42. The zero-order valence-corrected chi connectivity index (χ0v) is 13.8. The van der Waals surface area contributed by atoms with Crippen molar-refractivity contribution >= 4 is 5.91 Å². The summed E-state index contributed by atoms with van der Waals surface area (Å²) < 4.78 is 0. The molecule has 0 aromatic carbocycles. The molecule has 6 rings (SSSR count). The first-order valence-electron chi connectivity index (χ1n) is 9.42. The van der Waals surface area contributed by atoms with E-state index >= 15 is 0 Å². The average molecular weight is 310 g/mol. The molecule has 1 amide bonds. The van der Waals surface area contributed by atoms with Crippen molar-refractivity contribution in [3.63, 3.8) is 0 Å². The van der Waals surface area contributed by atoms with Gasteiger partial charge in [-0.25, -0.2) is 0 Å². The predicted molar refractivity (Wildman–Crippen MR) is 88.7 cm³/mol. The van der Waals surface area contributed by atoms with Gasteiger partial charge in [0.2, 0.25) is 5.91 Å². The van der Waals surface area contributed by atoms with Crippen molar-refractivity contribution in [3.8, 4) is 0 Å². The van der Waals surface area contributed by atoms with Crippen molar-refractivity contribution in [2.75, 3.05) is 0 Å². The highest BCUT2D eigenvalue weighted by Crippen LogP contribution is 2.60. The van der Waals surface area contributed by atoms with E-state index in [0.29, 0.717) is 12.5 Å². The quantitative estimate of drug-likeness (QED) is 0.919. The molecule has 0 aliphatic heterocycles. The monoisotopic (exact) mass is 310 g/mol. The first-order chi connectivity index (χ1) is 11.2. The summed E-state index contributed by atoms with van der Waals surface area (Å²) in [6.45, 7) is 0.647. The second kappa shape index (κ2) is 5.06. The normalized spacial score (nSPS) is 37.8. The van der Waals surface area contributed by atoms with Crippen molar-refractivity contribution in [1.29, 1.82) is 0 Å². The van der Waals surface area contributed by atoms with E-state index in [1.165, 1.54) is 37.7 Å². The lowest BCUT2D eigenvalue weighted by molar-refractivity contribution is -0.146. The Kier molecular flexibility index (Phi) is 3.08. The highest BCUT2D eigenvalue weighted by Gasteiger charge is 2.54. The average Bonchev–Trinajstić information content (AvgIpc) is 3.36. The number of hydrogen-bond acceptors (Lipinski definition) is 2. The molecular weight excluding hydrogens is 284 g/mol. The van der Waals surface area contributed by atoms with Crippen LogP contribution in [0.5, 0.6) is 0 Å². The van der Waals surface area contributed by atoms with Gasteiger partial charge in [0, 0.05) is 24.4 Å². The van der Waals surface area contributed by atoms with E-state index in [2.05, 4.69) is 16.4 Å². The Bertz CT molecular complexity index is 599. The Morgan fingerprint density at radius 3 is 2.35 bits per heavy atom. The van der Waals surface area contributed by atoms with E-state index in [0.717, 1.165) is 48.5 Å². The smallest absolute Gasteiger partial charge is 0.226 e. The molecule has 1 heterocycles. The molecule has 5 fully saturated rings. The van der Waals surface area contributed by atoms with Crippen molar-refractivity contribution in [3.05, 3.63) is 29.6 Å². The Labute approximate surface area is 138 Å². The van der Waals surface area contributed by atoms with E-state index < -0.39 is 0 Å². The molecule has 3 nitrogen and oxygen atoms in total. The fourth-order valence-electron chi connectivity index (χ4n) is 6.00. The molecule has 0 radical (unpaired) electrons. The van der Waals surface area contributed by atoms with Crippen LogP contribution in [-0.2, 0) is 11.3 Å². The molecule has 0 saturated heterocycles. The Balaban J connectivity index is 1.27. The number of aromatic nitrogens is 1. The minimum absolute atomic E-state index is 0.0315. The third-order valence-electron chi connectivity index (χ3n) is 6.84. The van der Waals surface area contributed by atoms with Crippen LogP contribution in [0, 0.1) is 23.2 Å². The number of amides is 1. The SMILES string of the molecule is O=C(NCc1cncc(C2CC2)c1)C12CC3CC(CC(C3)C1)C2. The van der Waals surface area contributed by atoms with Gasteiger partial charge in [0.25, 0.3) is 0 Å². The topological polar surface area (TPSA) is 42.0 Å². The Morgan fingerprint density at radius 2 is 1.74 bits per heavy atom. The molecule has 0 unspecified atom stereocenters. The van der Waals surface area contributed by atoms with Gasteiger partial charge in [0.05, 0.1) is 0 Å². The van der Waals surface area contributed by atoms with E-state index in [9.17, 15) is 4.79 Å². The maximum atomic E-state index is 13.0. The zero-order chi connectivity index (χ0) is 15.4. The summed E-state index contributed by atoms with van der Waals surface area (Å²) in [4.78, 5) is 17.3. The molecule has 1 aromatic heterocycles. The first kappa shape index (κ1) is 14.0. The lowest BCUT2D eigenvalue weighted by atomic mass is 9.49. The molecule has 0 spiro atoms. The van der Waals surface area contributed by atoms with E-state index in [1.807, 2.05) is 12.4 Å². The summed E-state index contributed by atoms with van der Waals surface area (Å²) in [6, 6.07) is 2.24. The summed E-state index contributed by atoms with van der Waals surface area (Å²) in [5.74, 6) is 3.53. The van der Waals surface area contributed by atoms with Crippen molar-refractivity contribution in [2.24, 2.45) is 23.2 Å². The Morgan fingerprint density at radius 1 is 1.09 bits per heavy atom. The van der Waals surface area contributed by atoms with Crippen LogP contribution in [0.4, 0.5) is 0 Å². The second-order valence-corrected chi connectivity index (χ2v) is 8.78. The minimum Gasteiger partial charge on any atom is -0.351 e. The van der Waals surface area contributed by atoms with E-state index in [-0.39, 0.29) is 5.41 Å². The number of carbonyl (C=O) groups excluding carboxylic acids is 1. The van der Waals surface area contributed by atoms with Crippen LogP contribution in [-0.4, -0.2) is 10.9 Å². The number of rotatable bonds is 4. The largest absolute Gasteiger partial charge is 0.351 e. The summed E-state index contributed by atoms with van der Waals surface area (Å²) in [5.41, 5.74) is 2.48. The van der Waals surface area contributed by atoms with Gasteiger partial charge in [-0.15, -0.1) is 0 Å². The molecule has 1 N–H and O–H groups in total. The lowest BCUT2D eigenvalue weighted by Gasteiger charge is -2.55. The third-order valence-corrected chi connectivity index (χ3v) is 6.84. The third kappa shape index (κ3) is 2.49. The maximum absolute atomic E-state index is 13.0. The van der Waals surface area contributed by atoms with Crippen LogP contribution in [0.25, 0.3) is 0 Å². The van der Waals surface area contributed by atoms with Gasteiger partial charge in [-0.05, 0) is 86.2 Å². The maximum Gasteiger partial charge on any atom is 0.226 e. The van der Waals surface area contributed by atoms with Gasteiger partial charge in [0.1, 0.15) is 0 Å². The van der Waals surface area contributed by atoms with Crippen molar-refractivity contribution < 1.29 is 4.79 Å². The second-order valence-electron chi connectivity index (χ2n) is 8.78. The lowest BCUT2D eigenvalue weighted by Crippen LogP contribution is -2.53. The van der Waals surface area contributed by atoms with Gasteiger partial charge in [-0.2, -0.15) is 0 Å². The molecule has 23 heavy (non-hydrogen) atoms. The molecule has 0 atom stereocenters. The molecule has 5 saturated carbocycles. The van der Waals surface area contributed by atoms with Crippen molar-refractivity contribution in [1.82, 2.24) is 10.3 Å². The number of nitrogens with one attached hydrogen (secondary N) is 1. The molecule has 4 bridgehead atoms. The molecule has 5 aliphatic rings. The summed E-state index contributed by atoms with van der Waals surface area (Å²) in [6.07, 6.45) is 14.1. The van der Waals surface area contributed by atoms with Gasteiger partial charge in [-0.3, -0.25) is 9.78 Å². The standard InChI is InChI=1S/C20H26N2O/c23-19(20-7-13-3-14(8-20)5-15(4-13)9-20)22-11-16-6-18(12-21-10-16)17-1-2-17/h6,10,12-15,17H,1-5,7-9,11H2,(H,22,23). The van der Waals surface area contributed by atoms with Crippen molar-refractivity contribution in [2.45, 2.75) is 63.8 Å². The predicted octanol–water partition coefficient (Wildman–Crippen LogP) is 3.79. The fourth-order valence-corrected chi connectivity index (χ4v) is 6.00. The van der Waals surface area contributed by atoms with Gasteiger partial charge < -0.3 is 5.32 Å².